The van der Waals surface area contributed by atoms with Crippen molar-refractivity contribution in [2.45, 2.75) is 37.5 Å². The summed E-state index contributed by atoms with van der Waals surface area (Å²) in [5.41, 5.74) is 10.3. The van der Waals surface area contributed by atoms with Gasteiger partial charge in [-0.2, -0.15) is 0 Å². The standard InChI is InChI=1S/C50H36N2S/c1-2-11-31(12-3-1)47-39-19-18-30-10-4-7-15-36(30)48(39)52-49(51-47)40-27-32-13-5-6-14-35(32)45-43(40)38-20-21-42-44(37-16-8-9-17-41(37)53-42)46(38)50(45)33-23-28-22-29(25-33)26-34(50)24-28/h1-21,27-29,33-34H,22-26H2. The van der Waals surface area contributed by atoms with Crippen LogP contribution in [0.5, 0.6) is 0 Å². The van der Waals surface area contributed by atoms with Crippen LogP contribution in [0.2, 0.25) is 0 Å². The van der Waals surface area contributed by atoms with Gasteiger partial charge in [0.1, 0.15) is 0 Å². The van der Waals surface area contributed by atoms with Crippen molar-refractivity contribution >= 4 is 64.0 Å². The molecule has 2 aromatic heterocycles. The second-order valence-corrected chi connectivity index (χ2v) is 17.6. The monoisotopic (exact) mass is 696 g/mol. The normalized spacial score (nSPS) is 23.9. The van der Waals surface area contributed by atoms with Gasteiger partial charge in [0.15, 0.2) is 5.82 Å². The number of hydrogen-bond donors (Lipinski definition) is 0. The first kappa shape index (κ1) is 29.1. The Morgan fingerprint density at radius 1 is 0.509 bits per heavy atom. The Kier molecular flexibility index (Phi) is 5.71. The lowest BCUT2D eigenvalue weighted by molar-refractivity contribution is -0.0387. The molecule has 252 valence electrons. The van der Waals surface area contributed by atoms with E-state index in [0.29, 0.717) is 11.8 Å². The Bertz CT molecular complexity index is 3000. The quantitative estimate of drug-likeness (QED) is 0.168. The van der Waals surface area contributed by atoms with Crippen molar-refractivity contribution in [1.82, 2.24) is 9.97 Å². The minimum atomic E-state index is -0.0249. The maximum absolute atomic E-state index is 5.64. The first-order valence-electron chi connectivity index (χ1n) is 19.5. The molecule has 14 rings (SSSR count). The number of thiophene rings is 1. The van der Waals surface area contributed by atoms with Crippen LogP contribution in [-0.4, -0.2) is 9.97 Å². The molecule has 7 aromatic carbocycles. The average molecular weight is 697 g/mol. The molecule has 0 N–H and O–H groups in total. The molecule has 2 nitrogen and oxygen atoms in total. The van der Waals surface area contributed by atoms with E-state index in [9.17, 15) is 0 Å². The zero-order valence-corrected chi connectivity index (χ0v) is 30.2. The highest BCUT2D eigenvalue weighted by atomic mass is 32.1. The number of benzene rings is 7. The molecule has 1 spiro atoms. The largest absolute Gasteiger partial charge is 0.227 e. The zero-order chi connectivity index (χ0) is 34.4. The van der Waals surface area contributed by atoms with Gasteiger partial charge in [0.25, 0.3) is 0 Å². The van der Waals surface area contributed by atoms with E-state index in [1.165, 1.54) is 90.5 Å². The van der Waals surface area contributed by atoms with Crippen LogP contribution in [-0.2, 0) is 5.41 Å². The number of hydrogen-bond acceptors (Lipinski definition) is 3. The van der Waals surface area contributed by atoms with Crippen LogP contribution in [0.3, 0.4) is 0 Å². The predicted octanol–water partition coefficient (Wildman–Crippen LogP) is 13.4. The molecular formula is C50H36N2S. The lowest BCUT2D eigenvalue weighted by atomic mass is 9.42. The van der Waals surface area contributed by atoms with E-state index in [0.717, 1.165) is 39.8 Å². The van der Waals surface area contributed by atoms with Crippen LogP contribution >= 0.6 is 11.3 Å². The van der Waals surface area contributed by atoms with Gasteiger partial charge in [-0.3, -0.25) is 0 Å². The minimum Gasteiger partial charge on any atom is -0.227 e. The highest BCUT2D eigenvalue weighted by Crippen LogP contribution is 2.72. The van der Waals surface area contributed by atoms with Gasteiger partial charge >= 0.3 is 0 Å². The van der Waals surface area contributed by atoms with Crippen molar-refractivity contribution in [2.75, 3.05) is 0 Å². The number of aromatic nitrogens is 2. The minimum absolute atomic E-state index is 0.0249. The molecule has 3 heteroatoms. The van der Waals surface area contributed by atoms with E-state index in [1.807, 2.05) is 11.3 Å². The summed E-state index contributed by atoms with van der Waals surface area (Å²) in [5, 5.41) is 9.15. The van der Waals surface area contributed by atoms with Crippen LogP contribution in [0.4, 0.5) is 0 Å². The van der Waals surface area contributed by atoms with Gasteiger partial charge in [-0.05, 0) is 118 Å². The lowest BCUT2D eigenvalue weighted by Crippen LogP contribution is -2.55. The Labute approximate surface area is 312 Å². The fourth-order valence-corrected chi connectivity index (χ4v) is 13.5. The molecule has 0 unspecified atom stereocenters. The summed E-state index contributed by atoms with van der Waals surface area (Å²) in [6.45, 7) is 0. The molecule has 0 atom stereocenters. The molecule has 53 heavy (non-hydrogen) atoms. The molecule has 0 radical (unpaired) electrons. The number of rotatable bonds is 2. The second kappa shape index (κ2) is 10.4. The van der Waals surface area contributed by atoms with Crippen molar-refractivity contribution in [1.29, 1.82) is 0 Å². The molecule has 5 aliphatic rings. The second-order valence-electron chi connectivity index (χ2n) is 16.5. The topological polar surface area (TPSA) is 25.8 Å². The van der Waals surface area contributed by atoms with Crippen LogP contribution < -0.4 is 0 Å². The molecule has 0 saturated heterocycles. The molecule has 5 aliphatic carbocycles. The molecule has 2 heterocycles. The van der Waals surface area contributed by atoms with Gasteiger partial charge in [-0.15, -0.1) is 11.3 Å². The van der Waals surface area contributed by atoms with Gasteiger partial charge < -0.3 is 0 Å². The first-order chi connectivity index (χ1) is 26.2. The molecule has 4 fully saturated rings. The molecule has 4 bridgehead atoms. The fraction of sp³-hybridized carbons (Fsp3) is 0.200. The molecule has 9 aromatic rings. The zero-order valence-electron chi connectivity index (χ0n) is 29.3. The average Bonchev–Trinajstić information content (AvgIpc) is 3.73. The van der Waals surface area contributed by atoms with Crippen LogP contribution in [0.15, 0.2) is 133 Å². The Balaban J connectivity index is 1.22. The first-order valence-corrected chi connectivity index (χ1v) is 20.3. The summed E-state index contributed by atoms with van der Waals surface area (Å²) in [5.74, 6) is 3.85. The van der Waals surface area contributed by atoms with Gasteiger partial charge in [0.2, 0.25) is 0 Å². The van der Waals surface area contributed by atoms with Crippen LogP contribution in [0, 0.1) is 23.7 Å². The molecular weight excluding hydrogens is 661 g/mol. The smallest absolute Gasteiger partial charge is 0.161 e. The molecule has 0 aliphatic heterocycles. The lowest BCUT2D eigenvalue weighted by Gasteiger charge is -2.61. The SMILES string of the molecule is c1ccc(-c2nc(-c3cc4ccccc4c4c3-c3ccc5sc6ccccc6c5c3C43C4CC5CC(C4)CC3C5)nc3c2ccc2ccccc23)cc1. The van der Waals surface area contributed by atoms with Gasteiger partial charge in [-0.1, -0.05) is 109 Å². The summed E-state index contributed by atoms with van der Waals surface area (Å²) < 4.78 is 2.82. The van der Waals surface area contributed by atoms with Gasteiger partial charge in [0, 0.05) is 47.5 Å². The van der Waals surface area contributed by atoms with Crippen molar-refractivity contribution in [3.8, 4) is 33.8 Å². The van der Waals surface area contributed by atoms with E-state index in [-0.39, 0.29) is 5.41 Å². The summed E-state index contributed by atoms with van der Waals surface area (Å²) in [4.78, 5) is 11.3. The summed E-state index contributed by atoms with van der Waals surface area (Å²) >= 11 is 1.97. The fourth-order valence-electron chi connectivity index (χ4n) is 12.4. The van der Waals surface area contributed by atoms with Crippen molar-refractivity contribution in [3.63, 3.8) is 0 Å². The van der Waals surface area contributed by atoms with Gasteiger partial charge in [0.05, 0.1) is 11.2 Å². The third-order valence-electron chi connectivity index (χ3n) is 14.0. The van der Waals surface area contributed by atoms with E-state index in [4.69, 9.17) is 9.97 Å². The number of nitrogens with zero attached hydrogens (tertiary/aromatic N) is 2. The van der Waals surface area contributed by atoms with E-state index in [2.05, 4.69) is 133 Å². The maximum atomic E-state index is 5.64. The third-order valence-corrected chi connectivity index (χ3v) is 15.1. The Morgan fingerprint density at radius 3 is 2.02 bits per heavy atom. The summed E-state index contributed by atoms with van der Waals surface area (Å²) in [7, 11) is 0. The number of fused-ring (bicyclic) bond motifs is 12. The predicted molar refractivity (Wildman–Crippen MR) is 222 cm³/mol. The Morgan fingerprint density at radius 2 is 1.21 bits per heavy atom. The highest BCUT2D eigenvalue weighted by molar-refractivity contribution is 7.25. The third kappa shape index (κ3) is 3.74. The molecule has 0 amide bonds. The van der Waals surface area contributed by atoms with E-state index >= 15 is 0 Å². The summed E-state index contributed by atoms with van der Waals surface area (Å²) in [6.07, 6.45) is 6.83. The van der Waals surface area contributed by atoms with Crippen molar-refractivity contribution in [2.24, 2.45) is 23.7 Å². The van der Waals surface area contributed by atoms with Crippen LogP contribution in [0.25, 0.3) is 86.4 Å². The van der Waals surface area contributed by atoms with Gasteiger partial charge in [-0.25, -0.2) is 9.97 Å². The molecule has 4 saturated carbocycles. The Hall–Kier alpha value is -5.38. The van der Waals surface area contributed by atoms with Crippen molar-refractivity contribution in [3.05, 3.63) is 145 Å². The summed E-state index contributed by atoms with van der Waals surface area (Å²) in [6, 6.07) is 49.7. The van der Waals surface area contributed by atoms with Crippen molar-refractivity contribution < 1.29 is 0 Å². The maximum Gasteiger partial charge on any atom is 0.161 e. The van der Waals surface area contributed by atoms with E-state index < -0.39 is 0 Å². The van der Waals surface area contributed by atoms with Crippen LogP contribution in [0.1, 0.15) is 43.2 Å². The highest BCUT2D eigenvalue weighted by Gasteiger charge is 2.63. The van der Waals surface area contributed by atoms with E-state index in [1.54, 1.807) is 11.1 Å².